The van der Waals surface area contributed by atoms with Gasteiger partial charge in [-0.2, -0.15) is 0 Å². The largest absolute Gasteiger partial charge is 0.504 e. The molecule has 28 heavy (non-hydrogen) atoms. The van der Waals surface area contributed by atoms with Crippen LogP contribution in [0.2, 0.25) is 0 Å². The minimum absolute atomic E-state index is 0.00774. The molecular formula is C22H27NO5. The van der Waals surface area contributed by atoms with E-state index in [1.54, 1.807) is 25.1 Å². The van der Waals surface area contributed by atoms with E-state index in [-0.39, 0.29) is 23.6 Å². The Morgan fingerprint density at radius 3 is 2.64 bits per heavy atom. The Morgan fingerprint density at radius 2 is 2.04 bits per heavy atom. The minimum Gasteiger partial charge on any atom is -0.504 e. The van der Waals surface area contributed by atoms with Gasteiger partial charge in [-0.1, -0.05) is 19.9 Å². The number of benzene rings is 1. The van der Waals surface area contributed by atoms with Gasteiger partial charge in [-0.25, -0.2) is 4.79 Å². The number of Topliss-reactive ketones (excluding diaryl/α,β-unsaturated/α-hetero) is 1. The van der Waals surface area contributed by atoms with Crippen molar-refractivity contribution in [2.24, 2.45) is 5.41 Å². The fourth-order valence-corrected chi connectivity index (χ4v) is 4.14. The van der Waals surface area contributed by atoms with E-state index in [4.69, 9.17) is 9.47 Å². The SMILES string of the molecule is CCOC(=O)C1=C(C)NC2=C(C(=O)CC(C)(C)C2)[C@H]1c1ccc(OC)c(O)c1. The first-order valence-corrected chi connectivity index (χ1v) is 9.46. The van der Waals surface area contributed by atoms with E-state index in [1.807, 2.05) is 6.92 Å². The molecule has 2 N–H and O–H groups in total. The molecule has 0 saturated heterocycles. The van der Waals surface area contributed by atoms with Crippen LogP contribution in [0.25, 0.3) is 0 Å². The van der Waals surface area contributed by atoms with Crippen LogP contribution in [0.3, 0.4) is 0 Å². The van der Waals surface area contributed by atoms with Crippen molar-refractivity contribution >= 4 is 11.8 Å². The minimum atomic E-state index is -0.587. The van der Waals surface area contributed by atoms with E-state index >= 15 is 0 Å². The van der Waals surface area contributed by atoms with Gasteiger partial charge in [0.15, 0.2) is 17.3 Å². The number of phenolic OH excluding ortho intramolecular Hbond substituents is 1. The van der Waals surface area contributed by atoms with Crippen LogP contribution in [-0.4, -0.2) is 30.6 Å². The number of aromatic hydroxyl groups is 1. The van der Waals surface area contributed by atoms with Crippen molar-refractivity contribution < 1.29 is 24.2 Å². The fraction of sp³-hybridized carbons (Fsp3) is 0.455. The first kappa shape index (κ1) is 20.0. The third-order valence-electron chi connectivity index (χ3n) is 5.27. The summed E-state index contributed by atoms with van der Waals surface area (Å²) in [5.74, 6) is -0.743. The summed E-state index contributed by atoms with van der Waals surface area (Å²) < 4.78 is 10.4. The average Bonchev–Trinajstić information content (AvgIpc) is 2.59. The maximum absolute atomic E-state index is 13.1. The van der Waals surface area contributed by atoms with E-state index in [1.165, 1.54) is 7.11 Å². The van der Waals surface area contributed by atoms with Crippen molar-refractivity contribution in [3.05, 3.63) is 46.3 Å². The number of methoxy groups -OCH3 is 1. The summed E-state index contributed by atoms with van der Waals surface area (Å²) in [6.45, 7) is 7.92. The Labute approximate surface area is 165 Å². The van der Waals surface area contributed by atoms with Crippen molar-refractivity contribution in [3.8, 4) is 11.5 Å². The van der Waals surface area contributed by atoms with Gasteiger partial charge < -0.3 is 19.9 Å². The van der Waals surface area contributed by atoms with Crippen LogP contribution in [0, 0.1) is 5.41 Å². The number of esters is 1. The van der Waals surface area contributed by atoms with Crippen LogP contribution in [-0.2, 0) is 14.3 Å². The molecule has 0 bridgehead atoms. The quantitative estimate of drug-likeness (QED) is 0.771. The van der Waals surface area contributed by atoms with Gasteiger partial charge in [-0.3, -0.25) is 4.79 Å². The molecule has 0 unspecified atom stereocenters. The third-order valence-corrected chi connectivity index (χ3v) is 5.27. The van der Waals surface area contributed by atoms with Crippen LogP contribution < -0.4 is 10.1 Å². The van der Waals surface area contributed by atoms with Crippen molar-refractivity contribution in [1.82, 2.24) is 5.32 Å². The Morgan fingerprint density at radius 1 is 1.32 bits per heavy atom. The topological polar surface area (TPSA) is 84.9 Å². The molecule has 1 aromatic rings. The van der Waals surface area contributed by atoms with E-state index in [0.29, 0.717) is 41.0 Å². The molecule has 0 aromatic heterocycles. The van der Waals surface area contributed by atoms with Gasteiger partial charge in [0.05, 0.1) is 19.3 Å². The molecule has 150 valence electrons. The second-order valence-electron chi connectivity index (χ2n) is 8.08. The normalized spacial score (nSPS) is 21.2. The third kappa shape index (κ3) is 3.51. The maximum Gasteiger partial charge on any atom is 0.336 e. The molecule has 0 fully saturated rings. The number of rotatable bonds is 4. The van der Waals surface area contributed by atoms with Gasteiger partial charge in [-0.05, 0) is 43.4 Å². The van der Waals surface area contributed by atoms with E-state index < -0.39 is 11.9 Å². The Bertz CT molecular complexity index is 894. The first-order chi connectivity index (χ1) is 13.2. The van der Waals surface area contributed by atoms with Gasteiger partial charge in [0.1, 0.15) is 0 Å². The smallest absolute Gasteiger partial charge is 0.336 e. The number of ether oxygens (including phenoxy) is 2. The molecule has 6 heteroatoms. The number of dihydropyridines is 1. The maximum atomic E-state index is 13.1. The summed E-state index contributed by atoms with van der Waals surface area (Å²) in [5.41, 5.74) is 2.99. The summed E-state index contributed by atoms with van der Waals surface area (Å²) in [6, 6.07) is 4.97. The molecule has 0 amide bonds. The molecular weight excluding hydrogens is 358 g/mol. The zero-order valence-corrected chi connectivity index (χ0v) is 17.0. The number of hydrogen-bond donors (Lipinski definition) is 2. The summed E-state index contributed by atoms with van der Waals surface area (Å²) >= 11 is 0. The van der Waals surface area contributed by atoms with Gasteiger partial charge >= 0.3 is 5.97 Å². The number of nitrogens with one attached hydrogen (secondary N) is 1. The van der Waals surface area contributed by atoms with Gasteiger partial charge in [0, 0.05) is 29.3 Å². The number of phenols is 1. The summed E-state index contributed by atoms with van der Waals surface area (Å²) in [6.07, 6.45) is 1.11. The highest BCUT2D eigenvalue weighted by Crippen LogP contribution is 2.47. The highest BCUT2D eigenvalue weighted by Gasteiger charge is 2.43. The summed E-state index contributed by atoms with van der Waals surface area (Å²) in [4.78, 5) is 25.9. The van der Waals surface area contributed by atoms with Crippen LogP contribution in [0.4, 0.5) is 0 Å². The van der Waals surface area contributed by atoms with Crippen molar-refractivity contribution in [2.45, 2.75) is 46.5 Å². The second kappa shape index (κ2) is 7.34. The molecule has 1 aliphatic heterocycles. The molecule has 1 aromatic carbocycles. The Hall–Kier alpha value is -2.76. The lowest BCUT2D eigenvalue weighted by molar-refractivity contribution is -0.138. The lowest BCUT2D eigenvalue weighted by Crippen LogP contribution is -2.38. The summed E-state index contributed by atoms with van der Waals surface area (Å²) in [7, 11) is 1.47. The molecule has 1 atom stereocenters. The number of allylic oxidation sites excluding steroid dienone is 3. The number of ketones is 1. The molecule has 0 spiro atoms. The predicted molar refractivity (Wildman–Crippen MR) is 105 cm³/mol. The van der Waals surface area contributed by atoms with Crippen molar-refractivity contribution in [2.75, 3.05) is 13.7 Å². The monoisotopic (exact) mass is 385 g/mol. The highest BCUT2D eigenvalue weighted by atomic mass is 16.5. The summed E-state index contributed by atoms with van der Waals surface area (Å²) in [5, 5.41) is 13.6. The lowest BCUT2D eigenvalue weighted by Gasteiger charge is -2.39. The number of carbonyl (C=O) groups is 2. The van der Waals surface area contributed by atoms with E-state index in [9.17, 15) is 14.7 Å². The number of carbonyl (C=O) groups excluding carboxylic acids is 2. The van der Waals surface area contributed by atoms with Gasteiger partial charge in [0.25, 0.3) is 0 Å². The average molecular weight is 385 g/mol. The van der Waals surface area contributed by atoms with E-state index in [2.05, 4.69) is 19.2 Å². The van der Waals surface area contributed by atoms with Crippen LogP contribution in [0.5, 0.6) is 11.5 Å². The molecule has 2 aliphatic rings. The van der Waals surface area contributed by atoms with Gasteiger partial charge in [0.2, 0.25) is 0 Å². The van der Waals surface area contributed by atoms with Crippen LogP contribution >= 0.6 is 0 Å². The molecule has 0 radical (unpaired) electrons. The second-order valence-corrected chi connectivity index (χ2v) is 8.08. The molecule has 1 aliphatic carbocycles. The standard InChI is InChI=1S/C22H27NO5/c1-6-28-21(26)18-12(2)23-14-10-22(3,4)11-16(25)20(14)19(18)13-7-8-17(27-5)15(24)9-13/h7-9,19,23-24H,6,10-11H2,1-5H3/t19-/m0/s1. The zero-order chi connectivity index (χ0) is 20.6. The van der Waals surface area contributed by atoms with Crippen LogP contribution in [0.15, 0.2) is 40.7 Å². The zero-order valence-electron chi connectivity index (χ0n) is 17.0. The van der Waals surface area contributed by atoms with Crippen molar-refractivity contribution in [1.29, 1.82) is 0 Å². The molecule has 3 rings (SSSR count). The molecule has 1 heterocycles. The fourth-order valence-electron chi connectivity index (χ4n) is 4.14. The van der Waals surface area contributed by atoms with Crippen LogP contribution in [0.1, 0.15) is 52.0 Å². The van der Waals surface area contributed by atoms with Gasteiger partial charge in [-0.15, -0.1) is 0 Å². The highest BCUT2D eigenvalue weighted by molar-refractivity contribution is 6.04. The van der Waals surface area contributed by atoms with E-state index in [0.717, 1.165) is 5.70 Å². The predicted octanol–water partition coefficient (Wildman–Crippen LogP) is 3.57. The number of hydrogen-bond acceptors (Lipinski definition) is 6. The first-order valence-electron chi connectivity index (χ1n) is 9.46. The Balaban J connectivity index is 2.19. The molecule has 6 nitrogen and oxygen atoms in total. The molecule has 0 saturated carbocycles. The Kier molecular flexibility index (Phi) is 5.24. The van der Waals surface area contributed by atoms with Crippen molar-refractivity contribution in [3.63, 3.8) is 0 Å². The lowest BCUT2D eigenvalue weighted by atomic mass is 9.68.